The third-order valence-corrected chi connectivity index (χ3v) is 2.04. The van der Waals surface area contributed by atoms with Gasteiger partial charge in [0, 0.05) is 25.1 Å². The van der Waals surface area contributed by atoms with Crippen molar-refractivity contribution in [1.82, 2.24) is 5.32 Å². The van der Waals surface area contributed by atoms with Gasteiger partial charge in [-0.1, -0.05) is 12.2 Å². The third-order valence-electron chi connectivity index (χ3n) is 1.23. The van der Waals surface area contributed by atoms with E-state index in [2.05, 4.69) is 17.5 Å². The first kappa shape index (κ1) is 11.7. The van der Waals surface area contributed by atoms with Crippen LogP contribution in [0.5, 0.6) is 0 Å². The molecule has 0 bridgehead atoms. The fourth-order valence-corrected chi connectivity index (χ4v) is 1.10. The Morgan fingerprint density at radius 1 is 1.58 bits per heavy atom. The summed E-state index contributed by atoms with van der Waals surface area (Å²) in [5.41, 5.74) is 5.25. The molecule has 0 spiro atoms. The molecule has 0 radical (unpaired) electrons. The lowest BCUT2D eigenvalue weighted by Gasteiger charge is -2.02. The number of hydrogen-bond donors (Lipinski definition) is 2. The summed E-state index contributed by atoms with van der Waals surface area (Å²) in [7, 11) is 0. The quantitative estimate of drug-likeness (QED) is 0.623. The van der Waals surface area contributed by atoms with E-state index in [9.17, 15) is 4.79 Å². The number of rotatable bonds is 6. The Bertz CT molecular complexity index is 161. The van der Waals surface area contributed by atoms with Gasteiger partial charge in [-0.25, -0.2) is 0 Å². The number of nitrogens with two attached hydrogens (primary N) is 1. The zero-order chi connectivity index (χ0) is 9.40. The van der Waals surface area contributed by atoms with E-state index in [1.807, 2.05) is 6.26 Å². The molecule has 0 aromatic carbocycles. The lowest BCUT2D eigenvalue weighted by molar-refractivity contribution is -0.120. The Balaban J connectivity index is 3.25. The molecule has 0 aromatic heterocycles. The predicted molar refractivity (Wildman–Crippen MR) is 57.4 cm³/mol. The van der Waals surface area contributed by atoms with Crippen LogP contribution in [-0.4, -0.2) is 29.4 Å². The van der Waals surface area contributed by atoms with E-state index in [1.54, 1.807) is 11.8 Å². The van der Waals surface area contributed by atoms with Crippen LogP contribution in [0.25, 0.3) is 0 Å². The summed E-state index contributed by atoms with van der Waals surface area (Å²) in [6, 6.07) is 0. The molecule has 3 N–H and O–H groups in total. The second-order valence-electron chi connectivity index (χ2n) is 2.31. The molecule has 0 saturated heterocycles. The number of hydrogen-bond acceptors (Lipinski definition) is 3. The van der Waals surface area contributed by atoms with Gasteiger partial charge in [-0.05, 0) is 6.26 Å². The van der Waals surface area contributed by atoms with Crippen LogP contribution in [0.2, 0.25) is 0 Å². The van der Waals surface area contributed by atoms with Gasteiger partial charge >= 0.3 is 0 Å². The highest BCUT2D eigenvalue weighted by molar-refractivity contribution is 7.98. The fourth-order valence-electron chi connectivity index (χ4n) is 0.608. The largest absolute Gasteiger partial charge is 0.393 e. The molecule has 5 heteroatoms. The van der Waals surface area contributed by atoms with Crippen LogP contribution < -0.4 is 11.1 Å². The van der Waals surface area contributed by atoms with Crippen molar-refractivity contribution in [2.75, 3.05) is 18.6 Å². The van der Waals surface area contributed by atoms with Gasteiger partial charge < -0.3 is 11.1 Å². The minimum atomic E-state index is 0.0700. The van der Waals surface area contributed by atoms with Crippen LogP contribution in [0.1, 0.15) is 12.8 Å². The molecular formula is C7H14N2OS2. The highest BCUT2D eigenvalue weighted by atomic mass is 32.2. The molecule has 70 valence electrons. The lowest BCUT2D eigenvalue weighted by Crippen LogP contribution is -2.27. The Morgan fingerprint density at radius 2 is 2.25 bits per heavy atom. The Labute approximate surface area is 82.5 Å². The molecule has 0 aliphatic heterocycles. The molecule has 0 aliphatic carbocycles. The average molecular weight is 206 g/mol. The minimum absolute atomic E-state index is 0.0700. The van der Waals surface area contributed by atoms with Gasteiger partial charge in [0.1, 0.15) is 0 Å². The molecule has 12 heavy (non-hydrogen) atoms. The van der Waals surface area contributed by atoms with Crippen LogP contribution in [-0.2, 0) is 4.79 Å². The number of thiocarbonyl (C=S) groups is 1. The molecular weight excluding hydrogens is 192 g/mol. The van der Waals surface area contributed by atoms with Gasteiger partial charge in [0.05, 0.1) is 4.99 Å². The zero-order valence-corrected chi connectivity index (χ0v) is 8.76. The second-order valence-corrected chi connectivity index (χ2v) is 3.82. The van der Waals surface area contributed by atoms with E-state index in [1.165, 1.54) is 0 Å². The normalized spacial score (nSPS) is 9.42. The highest BCUT2D eigenvalue weighted by Gasteiger charge is 1.98. The molecule has 0 unspecified atom stereocenters. The molecule has 0 fully saturated rings. The summed E-state index contributed by atoms with van der Waals surface area (Å²) < 4.78 is 0. The first-order chi connectivity index (χ1) is 5.66. The number of amides is 1. The summed E-state index contributed by atoms with van der Waals surface area (Å²) in [5.74, 6) is 0.930. The zero-order valence-electron chi connectivity index (χ0n) is 7.13. The number of carbonyl (C=O) groups is 1. The smallest absolute Gasteiger partial charge is 0.220 e. The van der Waals surface area contributed by atoms with Gasteiger partial charge in [0.15, 0.2) is 0 Å². The van der Waals surface area contributed by atoms with Crippen molar-refractivity contribution >= 4 is 34.9 Å². The van der Waals surface area contributed by atoms with Crippen molar-refractivity contribution in [3.05, 3.63) is 0 Å². The Kier molecular flexibility index (Phi) is 7.19. The van der Waals surface area contributed by atoms with Gasteiger partial charge in [0.2, 0.25) is 5.91 Å². The van der Waals surface area contributed by atoms with Crippen molar-refractivity contribution in [3.8, 4) is 0 Å². The summed E-state index contributed by atoms with van der Waals surface area (Å²) in [6.45, 7) is 0.558. The third kappa shape index (κ3) is 7.81. The summed E-state index contributed by atoms with van der Waals surface area (Å²) >= 11 is 6.32. The number of carbonyl (C=O) groups excluding carboxylic acids is 1. The SMILES string of the molecule is CSCCC(=O)NCCC(N)=S. The van der Waals surface area contributed by atoms with Crippen molar-refractivity contribution in [2.45, 2.75) is 12.8 Å². The lowest BCUT2D eigenvalue weighted by atomic mass is 10.4. The molecule has 0 rings (SSSR count). The van der Waals surface area contributed by atoms with Gasteiger partial charge in [-0.2, -0.15) is 11.8 Å². The highest BCUT2D eigenvalue weighted by Crippen LogP contribution is 1.94. The molecule has 0 atom stereocenters. The van der Waals surface area contributed by atoms with Gasteiger partial charge in [-0.3, -0.25) is 4.79 Å². The molecule has 3 nitrogen and oxygen atoms in total. The predicted octanol–water partition coefficient (Wildman–Crippen LogP) is 0.532. The van der Waals surface area contributed by atoms with Crippen LogP contribution in [0.15, 0.2) is 0 Å². The maximum atomic E-state index is 11.0. The van der Waals surface area contributed by atoms with Crippen LogP contribution in [0.3, 0.4) is 0 Å². The van der Waals surface area contributed by atoms with Crippen LogP contribution >= 0.6 is 24.0 Å². The van der Waals surface area contributed by atoms with Crippen molar-refractivity contribution in [1.29, 1.82) is 0 Å². The monoisotopic (exact) mass is 206 g/mol. The Hall–Kier alpha value is -0.290. The van der Waals surface area contributed by atoms with E-state index in [4.69, 9.17) is 5.73 Å². The van der Waals surface area contributed by atoms with Gasteiger partial charge in [0.25, 0.3) is 0 Å². The van der Waals surface area contributed by atoms with Crippen LogP contribution in [0.4, 0.5) is 0 Å². The van der Waals surface area contributed by atoms with E-state index < -0.39 is 0 Å². The molecule has 0 heterocycles. The molecule has 1 amide bonds. The van der Waals surface area contributed by atoms with Crippen LogP contribution in [0, 0.1) is 0 Å². The average Bonchev–Trinajstić information content (AvgIpc) is 2.00. The number of thioether (sulfide) groups is 1. The van der Waals surface area contributed by atoms with Crippen molar-refractivity contribution in [2.24, 2.45) is 5.73 Å². The van der Waals surface area contributed by atoms with E-state index >= 15 is 0 Å². The summed E-state index contributed by atoms with van der Waals surface area (Å²) in [4.78, 5) is 11.4. The Morgan fingerprint density at radius 3 is 2.75 bits per heavy atom. The fraction of sp³-hybridized carbons (Fsp3) is 0.714. The second kappa shape index (κ2) is 7.36. The van der Waals surface area contributed by atoms with Crippen molar-refractivity contribution in [3.63, 3.8) is 0 Å². The topological polar surface area (TPSA) is 55.1 Å². The summed E-state index contributed by atoms with van der Waals surface area (Å²) in [5, 5.41) is 2.73. The van der Waals surface area contributed by atoms with E-state index in [0.29, 0.717) is 24.4 Å². The number of nitrogens with one attached hydrogen (secondary N) is 1. The first-order valence-electron chi connectivity index (χ1n) is 3.70. The van der Waals surface area contributed by atoms with E-state index in [-0.39, 0.29) is 5.91 Å². The maximum absolute atomic E-state index is 11.0. The maximum Gasteiger partial charge on any atom is 0.220 e. The van der Waals surface area contributed by atoms with Crippen molar-refractivity contribution < 1.29 is 4.79 Å². The standard InChI is InChI=1S/C7H14N2OS2/c1-12-5-3-7(10)9-4-2-6(8)11/h2-5H2,1H3,(H2,8,11)(H,9,10). The summed E-state index contributed by atoms with van der Waals surface area (Å²) in [6.07, 6.45) is 3.13. The first-order valence-corrected chi connectivity index (χ1v) is 5.51. The molecule has 0 aromatic rings. The molecule has 0 saturated carbocycles. The van der Waals surface area contributed by atoms with Gasteiger partial charge in [-0.15, -0.1) is 0 Å². The molecule has 0 aliphatic rings. The minimum Gasteiger partial charge on any atom is -0.393 e. The van der Waals surface area contributed by atoms with E-state index in [0.717, 1.165) is 5.75 Å².